The lowest BCUT2D eigenvalue weighted by Gasteiger charge is -2.11. The number of pyridine rings is 1. The molecule has 1 aromatic carbocycles. The number of hydrogen-bond acceptors (Lipinski definition) is 5. The number of nitrogens with zero attached hydrogens (tertiary/aromatic N) is 1. The summed E-state index contributed by atoms with van der Waals surface area (Å²) < 4.78 is 5.07. The number of halogens is 2. The number of rotatable bonds is 5. The molecular formula is C18H14Cl2N2O3S. The van der Waals surface area contributed by atoms with Crippen molar-refractivity contribution in [3.05, 3.63) is 55.5 Å². The number of aromatic amines is 1. The van der Waals surface area contributed by atoms with Gasteiger partial charge in [0.2, 0.25) is 5.43 Å². The third-order valence-electron chi connectivity index (χ3n) is 4.26. The molecule has 0 bridgehead atoms. The van der Waals surface area contributed by atoms with Crippen LogP contribution in [-0.2, 0) is 5.75 Å². The third-order valence-corrected chi connectivity index (χ3v) is 5.92. The second kappa shape index (κ2) is 6.76. The van der Waals surface area contributed by atoms with Gasteiger partial charge >= 0.3 is 0 Å². The van der Waals surface area contributed by atoms with Gasteiger partial charge in [0.1, 0.15) is 5.76 Å². The summed E-state index contributed by atoms with van der Waals surface area (Å²) in [7, 11) is 0. The van der Waals surface area contributed by atoms with Crippen LogP contribution in [0.15, 0.2) is 32.5 Å². The minimum atomic E-state index is -0.373. The lowest BCUT2D eigenvalue weighted by Crippen LogP contribution is -2.20. The molecule has 1 aliphatic rings. The van der Waals surface area contributed by atoms with Crippen molar-refractivity contribution in [1.82, 2.24) is 10.1 Å². The number of benzene rings is 1. The fourth-order valence-corrected chi connectivity index (χ4v) is 4.20. The van der Waals surface area contributed by atoms with E-state index in [-0.39, 0.29) is 33.1 Å². The molecule has 2 aromatic heterocycles. The van der Waals surface area contributed by atoms with Gasteiger partial charge in [0.15, 0.2) is 5.78 Å². The summed E-state index contributed by atoms with van der Waals surface area (Å²) in [6.07, 6.45) is 1.62. The van der Waals surface area contributed by atoms with Crippen LogP contribution >= 0.6 is 35.0 Å². The highest BCUT2D eigenvalue weighted by atomic mass is 35.5. The predicted molar refractivity (Wildman–Crippen MR) is 102 cm³/mol. The van der Waals surface area contributed by atoms with Gasteiger partial charge in [-0.3, -0.25) is 9.59 Å². The predicted octanol–water partition coefficient (Wildman–Crippen LogP) is 5.02. The highest BCUT2D eigenvalue weighted by Crippen LogP contribution is 2.36. The Balaban J connectivity index is 1.85. The quantitative estimate of drug-likeness (QED) is 0.473. The highest BCUT2D eigenvalue weighted by Gasteiger charge is 2.34. The van der Waals surface area contributed by atoms with Crippen LogP contribution < -0.4 is 5.43 Å². The summed E-state index contributed by atoms with van der Waals surface area (Å²) in [6.45, 7) is 1.81. The number of ketones is 1. The van der Waals surface area contributed by atoms with E-state index < -0.39 is 0 Å². The van der Waals surface area contributed by atoms with E-state index in [9.17, 15) is 9.59 Å². The maximum atomic E-state index is 13.1. The molecule has 1 saturated carbocycles. The standard InChI is InChI=1S/C18H14Cl2N2O3S/c1-8-6-10(22-25-8)7-26-18-14(16(23)9-2-3-9)17(24)13-11(19)4-5-12(20)15(13)21-18/h4-6,9H,2-3,7H2,1H3,(H,21,24). The highest BCUT2D eigenvalue weighted by molar-refractivity contribution is 7.98. The maximum absolute atomic E-state index is 13.1. The van der Waals surface area contributed by atoms with Crippen LogP contribution in [0.3, 0.4) is 0 Å². The van der Waals surface area contributed by atoms with Crippen LogP contribution in [0, 0.1) is 12.8 Å². The first-order chi connectivity index (χ1) is 12.5. The largest absolute Gasteiger partial charge is 0.361 e. The molecule has 26 heavy (non-hydrogen) atoms. The second-order valence-corrected chi connectivity index (χ2v) is 8.09. The fourth-order valence-electron chi connectivity index (χ4n) is 2.81. The molecule has 5 nitrogen and oxygen atoms in total. The molecule has 0 radical (unpaired) electrons. The number of H-pyrrole nitrogens is 1. The lowest BCUT2D eigenvalue weighted by atomic mass is 10.1. The summed E-state index contributed by atoms with van der Waals surface area (Å²) in [5.41, 5.74) is 0.960. The van der Waals surface area contributed by atoms with Crippen LogP contribution in [0.2, 0.25) is 10.0 Å². The van der Waals surface area contributed by atoms with E-state index in [1.807, 2.05) is 13.0 Å². The van der Waals surface area contributed by atoms with Gasteiger partial charge in [0.25, 0.3) is 0 Å². The second-order valence-electron chi connectivity index (χ2n) is 6.29. The van der Waals surface area contributed by atoms with Gasteiger partial charge in [-0.25, -0.2) is 0 Å². The fraction of sp³-hybridized carbons (Fsp3) is 0.278. The zero-order valence-electron chi connectivity index (χ0n) is 13.8. The molecule has 4 rings (SSSR count). The molecule has 8 heteroatoms. The average molecular weight is 409 g/mol. The van der Waals surface area contributed by atoms with Gasteiger partial charge < -0.3 is 9.51 Å². The van der Waals surface area contributed by atoms with Crippen molar-refractivity contribution in [2.75, 3.05) is 0 Å². The van der Waals surface area contributed by atoms with Gasteiger partial charge in [-0.2, -0.15) is 0 Å². The summed E-state index contributed by atoms with van der Waals surface area (Å²) >= 11 is 13.8. The van der Waals surface area contributed by atoms with Crippen molar-refractivity contribution < 1.29 is 9.32 Å². The molecule has 0 spiro atoms. The first kappa shape index (κ1) is 17.6. The minimum absolute atomic E-state index is 0.0832. The van der Waals surface area contributed by atoms with E-state index in [0.29, 0.717) is 27.1 Å². The number of aryl methyl sites for hydroxylation is 1. The number of aromatic nitrogens is 2. The van der Waals surface area contributed by atoms with Gasteiger partial charge in [-0.1, -0.05) is 28.4 Å². The van der Waals surface area contributed by atoms with Crippen molar-refractivity contribution >= 4 is 51.6 Å². The SMILES string of the molecule is Cc1cc(CSc2[nH]c3c(Cl)ccc(Cl)c3c(=O)c2C(=O)C2CC2)no1. The lowest BCUT2D eigenvalue weighted by molar-refractivity contribution is 0.0963. The number of carbonyl (C=O) groups is 1. The number of hydrogen-bond donors (Lipinski definition) is 1. The number of fused-ring (bicyclic) bond motifs is 1. The summed E-state index contributed by atoms with van der Waals surface area (Å²) in [5, 5.41) is 5.35. The van der Waals surface area contributed by atoms with Gasteiger partial charge in [-0.05, 0) is 31.9 Å². The first-order valence-corrected chi connectivity index (χ1v) is 9.83. The van der Waals surface area contributed by atoms with Gasteiger partial charge in [0, 0.05) is 17.7 Å². The van der Waals surface area contributed by atoms with E-state index in [1.165, 1.54) is 11.8 Å². The smallest absolute Gasteiger partial charge is 0.202 e. The Hall–Kier alpha value is -1.76. The van der Waals surface area contributed by atoms with Crippen LogP contribution in [0.1, 0.15) is 34.7 Å². The molecule has 134 valence electrons. The normalized spacial score (nSPS) is 14.1. The molecule has 1 fully saturated rings. The minimum Gasteiger partial charge on any atom is -0.361 e. The number of Topliss-reactive ketones (excluding diaryl/α,β-unsaturated/α-hetero) is 1. The Bertz CT molecular complexity index is 1090. The van der Waals surface area contributed by atoms with Crippen LogP contribution in [-0.4, -0.2) is 15.9 Å². The van der Waals surface area contributed by atoms with Crippen molar-refractivity contribution in [1.29, 1.82) is 0 Å². The van der Waals surface area contributed by atoms with E-state index in [4.69, 9.17) is 27.7 Å². The van der Waals surface area contributed by atoms with Crippen LogP contribution in [0.5, 0.6) is 0 Å². The topological polar surface area (TPSA) is 76.0 Å². The Morgan fingerprint density at radius 3 is 2.73 bits per heavy atom. The molecule has 0 atom stereocenters. The molecule has 0 amide bonds. The van der Waals surface area contributed by atoms with Crippen LogP contribution in [0.4, 0.5) is 0 Å². The van der Waals surface area contributed by atoms with Crippen molar-refractivity contribution in [2.45, 2.75) is 30.5 Å². The summed E-state index contributed by atoms with van der Waals surface area (Å²) in [5.74, 6) is 0.946. The monoisotopic (exact) mass is 408 g/mol. The first-order valence-electron chi connectivity index (χ1n) is 8.09. The summed E-state index contributed by atoms with van der Waals surface area (Å²) in [4.78, 5) is 29.0. The zero-order valence-corrected chi connectivity index (χ0v) is 16.1. The Labute approximate surface area is 163 Å². The number of carbonyl (C=O) groups excluding carboxylic acids is 1. The molecule has 1 aliphatic carbocycles. The Kier molecular flexibility index (Phi) is 4.59. The van der Waals surface area contributed by atoms with Crippen molar-refractivity contribution in [3.63, 3.8) is 0 Å². The van der Waals surface area contributed by atoms with E-state index in [0.717, 1.165) is 18.5 Å². The molecule has 1 N–H and O–H groups in total. The average Bonchev–Trinajstić information content (AvgIpc) is 3.38. The van der Waals surface area contributed by atoms with Crippen molar-refractivity contribution in [2.24, 2.45) is 5.92 Å². The van der Waals surface area contributed by atoms with Crippen molar-refractivity contribution in [3.8, 4) is 0 Å². The van der Waals surface area contributed by atoms with E-state index in [1.54, 1.807) is 12.1 Å². The van der Waals surface area contributed by atoms with Gasteiger partial charge in [-0.15, -0.1) is 11.8 Å². The number of nitrogens with one attached hydrogen (secondary N) is 1. The van der Waals surface area contributed by atoms with E-state index >= 15 is 0 Å². The third kappa shape index (κ3) is 3.17. The zero-order chi connectivity index (χ0) is 18.4. The Morgan fingerprint density at radius 2 is 2.08 bits per heavy atom. The molecular weight excluding hydrogens is 395 g/mol. The molecule has 2 heterocycles. The molecule has 0 saturated heterocycles. The van der Waals surface area contributed by atoms with E-state index in [2.05, 4.69) is 10.1 Å². The molecule has 0 aliphatic heterocycles. The Morgan fingerprint density at radius 1 is 1.35 bits per heavy atom. The summed E-state index contributed by atoms with van der Waals surface area (Å²) in [6, 6.07) is 5.01. The molecule has 0 unspecified atom stereocenters. The van der Waals surface area contributed by atoms with Crippen LogP contribution in [0.25, 0.3) is 10.9 Å². The number of thioether (sulfide) groups is 1. The molecule has 3 aromatic rings. The maximum Gasteiger partial charge on any atom is 0.202 e. The van der Waals surface area contributed by atoms with Gasteiger partial charge in [0.05, 0.1) is 37.2 Å².